The van der Waals surface area contributed by atoms with Crippen LogP contribution in [0, 0.1) is 25.2 Å². The summed E-state index contributed by atoms with van der Waals surface area (Å²) in [6.45, 7) is 3.85. The second kappa shape index (κ2) is 5.62. The van der Waals surface area contributed by atoms with E-state index in [0.717, 1.165) is 22.7 Å². The van der Waals surface area contributed by atoms with Crippen molar-refractivity contribution in [3.05, 3.63) is 47.2 Å². The van der Waals surface area contributed by atoms with Crippen molar-refractivity contribution in [3.63, 3.8) is 0 Å². The van der Waals surface area contributed by atoms with Crippen LogP contribution in [-0.4, -0.2) is 19.1 Å². The first-order valence-corrected chi connectivity index (χ1v) is 6.33. The average molecular weight is 267 g/mol. The molecule has 4 nitrogen and oxygen atoms in total. The molecule has 0 amide bonds. The zero-order chi connectivity index (χ0) is 14.7. The summed E-state index contributed by atoms with van der Waals surface area (Å²) >= 11 is 0. The molecule has 0 aliphatic carbocycles. The van der Waals surface area contributed by atoms with Crippen molar-refractivity contribution < 1.29 is 4.74 Å². The van der Waals surface area contributed by atoms with Crippen LogP contribution in [0.3, 0.4) is 0 Å². The van der Waals surface area contributed by atoms with E-state index in [1.54, 1.807) is 7.11 Å². The van der Waals surface area contributed by atoms with Crippen molar-refractivity contribution in [1.82, 2.24) is 4.98 Å². The minimum Gasteiger partial charge on any atom is -0.495 e. The standard InChI is InChI=1S/C16H17N3O/c1-11-9-12(2)18-16(13(11)10-17)19(3)14-7-5-6-8-15(14)20-4/h5-9H,1-4H3. The highest BCUT2D eigenvalue weighted by Gasteiger charge is 2.16. The van der Waals surface area contributed by atoms with Crippen LogP contribution in [0.25, 0.3) is 0 Å². The molecule has 0 unspecified atom stereocenters. The molecule has 0 radical (unpaired) electrons. The van der Waals surface area contributed by atoms with Crippen LogP contribution in [0.1, 0.15) is 16.8 Å². The maximum atomic E-state index is 9.36. The Morgan fingerprint density at radius 2 is 1.95 bits per heavy atom. The quantitative estimate of drug-likeness (QED) is 0.855. The molecule has 0 aliphatic rings. The molecule has 2 aromatic rings. The van der Waals surface area contributed by atoms with Gasteiger partial charge in [0.05, 0.1) is 18.4 Å². The summed E-state index contributed by atoms with van der Waals surface area (Å²) in [5, 5.41) is 9.36. The fourth-order valence-electron chi connectivity index (χ4n) is 2.22. The Bertz CT molecular complexity index is 674. The summed E-state index contributed by atoms with van der Waals surface area (Å²) in [5.74, 6) is 1.40. The lowest BCUT2D eigenvalue weighted by molar-refractivity contribution is 0.415. The summed E-state index contributed by atoms with van der Waals surface area (Å²) in [6.07, 6.45) is 0. The van der Waals surface area contributed by atoms with E-state index in [2.05, 4.69) is 11.1 Å². The maximum Gasteiger partial charge on any atom is 0.151 e. The molecule has 1 aromatic heterocycles. The second-order valence-electron chi connectivity index (χ2n) is 4.62. The summed E-state index contributed by atoms with van der Waals surface area (Å²) in [6, 6.07) is 11.8. The molecule has 4 heteroatoms. The molecular formula is C16H17N3O. The molecule has 0 spiro atoms. The monoisotopic (exact) mass is 267 g/mol. The Balaban J connectivity index is 2.59. The molecule has 0 N–H and O–H groups in total. The van der Waals surface area contributed by atoms with Crippen molar-refractivity contribution in [2.24, 2.45) is 0 Å². The molecule has 1 heterocycles. The number of para-hydroxylation sites is 2. The number of aromatic nitrogens is 1. The lowest BCUT2D eigenvalue weighted by Crippen LogP contribution is -2.15. The first-order chi connectivity index (χ1) is 9.58. The van der Waals surface area contributed by atoms with Gasteiger partial charge in [-0.25, -0.2) is 4.98 Å². The topological polar surface area (TPSA) is 49.1 Å². The van der Waals surface area contributed by atoms with Gasteiger partial charge in [-0.1, -0.05) is 12.1 Å². The number of hydrogen-bond acceptors (Lipinski definition) is 4. The van der Waals surface area contributed by atoms with Crippen molar-refractivity contribution in [1.29, 1.82) is 5.26 Å². The summed E-state index contributed by atoms with van der Waals surface area (Å²) in [7, 11) is 3.52. The van der Waals surface area contributed by atoms with Gasteiger partial charge in [0.15, 0.2) is 5.82 Å². The van der Waals surface area contributed by atoms with E-state index in [-0.39, 0.29) is 0 Å². The van der Waals surface area contributed by atoms with E-state index in [9.17, 15) is 5.26 Å². The predicted molar refractivity (Wildman–Crippen MR) is 79.5 cm³/mol. The van der Waals surface area contributed by atoms with Crippen LogP contribution >= 0.6 is 0 Å². The summed E-state index contributed by atoms with van der Waals surface area (Å²) < 4.78 is 5.37. The van der Waals surface area contributed by atoms with Gasteiger partial charge in [-0.15, -0.1) is 0 Å². The lowest BCUT2D eigenvalue weighted by Gasteiger charge is -2.22. The van der Waals surface area contributed by atoms with E-state index in [1.165, 1.54) is 0 Å². The van der Waals surface area contributed by atoms with Gasteiger partial charge in [0.25, 0.3) is 0 Å². The molecule has 0 aliphatic heterocycles. The van der Waals surface area contributed by atoms with Gasteiger partial charge in [0.1, 0.15) is 11.8 Å². The van der Waals surface area contributed by atoms with Gasteiger partial charge in [-0.2, -0.15) is 5.26 Å². The van der Waals surface area contributed by atoms with Gasteiger partial charge in [-0.05, 0) is 37.6 Å². The van der Waals surface area contributed by atoms with Gasteiger partial charge in [0, 0.05) is 12.7 Å². The lowest BCUT2D eigenvalue weighted by atomic mass is 10.1. The van der Waals surface area contributed by atoms with Crippen molar-refractivity contribution in [2.45, 2.75) is 13.8 Å². The Kier molecular flexibility index (Phi) is 3.90. The molecule has 1 aromatic carbocycles. The largest absolute Gasteiger partial charge is 0.495 e. The Morgan fingerprint density at radius 3 is 2.60 bits per heavy atom. The first-order valence-electron chi connectivity index (χ1n) is 6.33. The molecule has 0 atom stereocenters. The van der Waals surface area contributed by atoms with Crippen LogP contribution in [0.4, 0.5) is 11.5 Å². The predicted octanol–water partition coefficient (Wildman–Crippen LogP) is 3.35. The number of ether oxygens (including phenoxy) is 1. The number of nitrogens with zero attached hydrogens (tertiary/aromatic N) is 3. The number of hydrogen-bond donors (Lipinski definition) is 0. The van der Waals surface area contributed by atoms with Crippen LogP contribution < -0.4 is 9.64 Å². The molecule has 0 bridgehead atoms. The van der Waals surface area contributed by atoms with E-state index in [4.69, 9.17) is 4.74 Å². The van der Waals surface area contributed by atoms with Crippen molar-refractivity contribution in [3.8, 4) is 11.8 Å². The first kappa shape index (κ1) is 13.9. The molecular weight excluding hydrogens is 250 g/mol. The minimum absolute atomic E-state index is 0.587. The smallest absolute Gasteiger partial charge is 0.151 e. The third-order valence-electron chi connectivity index (χ3n) is 3.20. The highest BCUT2D eigenvalue weighted by atomic mass is 16.5. The molecule has 102 valence electrons. The van der Waals surface area contributed by atoms with Gasteiger partial charge < -0.3 is 9.64 Å². The minimum atomic E-state index is 0.587. The van der Waals surface area contributed by atoms with E-state index >= 15 is 0 Å². The Hall–Kier alpha value is -2.54. The van der Waals surface area contributed by atoms with E-state index < -0.39 is 0 Å². The van der Waals surface area contributed by atoms with Crippen LogP contribution in [0.15, 0.2) is 30.3 Å². The number of benzene rings is 1. The molecule has 0 saturated carbocycles. The number of anilines is 2. The summed E-state index contributed by atoms with van der Waals surface area (Å²) in [4.78, 5) is 6.39. The third kappa shape index (κ3) is 2.43. The fourth-order valence-corrected chi connectivity index (χ4v) is 2.22. The van der Waals surface area contributed by atoms with Crippen LogP contribution in [-0.2, 0) is 0 Å². The second-order valence-corrected chi connectivity index (χ2v) is 4.62. The van der Waals surface area contributed by atoms with Crippen molar-refractivity contribution in [2.75, 3.05) is 19.1 Å². The van der Waals surface area contributed by atoms with Gasteiger partial charge in [0.2, 0.25) is 0 Å². The molecule has 20 heavy (non-hydrogen) atoms. The molecule has 0 saturated heterocycles. The van der Waals surface area contributed by atoms with Gasteiger partial charge in [-0.3, -0.25) is 0 Å². The molecule has 2 rings (SSSR count). The average Bonchev–Trinajstić information content (AvgIpc) is 2.45. The van der Waals surface area contributed by atoms with E-state index in [0.29, 0.717) is 11.4 Å². The highest BCUT2D eigenvalue weighted by molar-refractivity contribution is 5.71. The number of pyridine rings is 1. The van der Waals surface area contributed by atoms with Crippen LogP contribution in [0.2, 0.25) is 0 Å². The Labute approximate surface area is 119 Å². The number of nitriles is 1. The fraction of sp³-hybridized carbons (Fsp3) is 0.250. The molecule has 0 fully saturated rings. The maximum absolute atomic E-state index is 9.36. The Morgan fingerprint density at radius 1 is 1.25 bits per heavy atom. The van der Waals surface area contributed by atoms with E-state index in [1.807, 2.05) is 56.1 Å². The SMILES string of the molecule is COc1ccccc1N(C)c1nc(C)cc(C)c1C#N. The van der Waals surface area contributed by atoms with Crippen LogP contribution in [0.5, 0.6) is 5.75 Å². The number of methoxy groups -OCH3 is 1. The van der Waals surface area contributed by atoms with Gasteiger partial charge >= 0.3 is 0 Å². The highest BCUT2D eigenvalue weighted by Crippen LogP contribution is 2.33. The number of rotatable bonds is 3. The third-order valence-corrected chi connectivity index (χ3v) is 3.20. The number of aryl methyl sites for hydroxylation is 2. The van der Waals surface area contributed by atoms with Crippen molar-refractivity contribution >= 4 is 11.5 Å². The zero-order valence-electron chi connectivity index (χ0n) is 12.1. The summed E-state index contributed by atoms with van der Waals surface area (Å²) in [5.41, 5.74) is 3.28. The normalized spacial score (nSPS) is 9.95. The zero-order valence-corrected chi connectivity index (χ0v) is 12.1.